The van der Waals surface area contributed by atoms with Gasteiger partial charge in [-0.15, -0.1) is 0 Å². The summed E-state index contributed by atoms with van der Waals surface area (Å²) in [4.78, 5) is 7.46. The highest BCUT2D eigenvalue weighted by Gasteiger charge is 2.26. The van der Waals surface area contributed by atoms with E-state index < -0.39 is 0 Å². The Morgan fingerprint density at radius 3 is 1.89 bits per heavy atom. The van der Waals surface area contributed by atoms with E-state index >= 15 is 0 Å². The summed E-state index contributed by atoms with van der Waals surface area (Å²) in [5.41, 5.74) is 6.65. The molecule has 0 radical (unpaired) electrons. The average Bonchev–Trinajstić information content (AvgIpc) is 3.33. The number of nitrogens with zero attached hydrogens (tertiary/aromatic N) is 5. The van der Waals surface area contributed by atoms with Crippen LogP contribution in [0.3, 0.4) is 0 Å². The molecule has 5 heteroatoms. The molecule has 1 fully saturated rings. The van der Waals surface area contributed by atoms with Crippen molar-refractivity contribution in [1.29, 1.82) is 0 Å². The molecule has 1 aliphatic heterocycles. The number of hydrogen-bond donors (Lipinski definition) is 0. The van der Waals surface area contributed by atoms with E-state index in [1.54, 1.807) is 0 Å². The Bertz CT molecular complexity index is 1400. The predicted octanol–water partition coefficient (Wildman–Crippen LogP) is 5.74. The van der Waals surface area contributed by atoms with E-state index in [4.69, 9.17) is 10.1 Å². The Morgan fingerprint density at radius 1 is 0.667 bits per heavy atom. The van der Waals surface area contributed by atoms with Gasteiger partial charge in [0, 0.05) is 37.9 Å². The largest absolute Gasteiger partial charge is 0.298 e. The van der Waals surface area contributed by atoms with Gasteiger partial charge < -0.3 is 0 Å². The van der Waals surface area contributed by atoms with Crippen LogP contribution < -0.4 is 0 Å². The molecule has 0 saturated carbocycles. The first kappa shape index (κ1) is 22.3. The summed E-state index contributed by atoms with van der Waals surface area (Å²) < 4.78 is 2.11. The van der Waals surface area contributed by atoms with Gasteiger partial charge in [-0.05, 0) is 23.3 Å². The zero-order chi connectivity index (χ0) is 24.2. The second kappa shape index (κ2) is 10.2. The van der Waals surface area contributed by atoms with Gasteiger partial charge in [0.1, 0.15) is 5.65 Å². The van der Waals surface area contributed by atoms with Gasteiger partial charge in [0.05, 0.1) is 23.6 Å². The molecule has 3 heterocycles. The van der Waals surface area contributed by atoms with E-state index in [1.165, 1.54) is 11.1 Å². The van der Waals surface area contributed by atoms with Crippen molar-refractivity contribution in [2.75, 3.05) is 26.2 Å². The molecule has 178 valence electrons. The third-order valence-electron chi connectivity index (χ3n) is 6.84. The zero-order valence-electron chi connectivity index (χ0n) is 20.2. The number of hydrogen-bond acceptors (Lipinski definition) is 4. The van der Waals surface area contributed by atoms with Crippen LogP contribution in [0.4, 0.5) is 0 Å². The summed E-state index contributed by atoms with van der Waals surface area (Å²) in [6, 6.07) is 38.3. The van der Waals surface area contributed by atoms with Crippen LogP contribution in [-0.2, 0) is 0 Å². The number of rotatable bonds is 6. The van der Waals surface area contributed by atoms with Crippen molar-refractivity contribution in [3.63, 3.8) is 0 Å². The van der Waals surface area contributed by atoms with Gasteiger partial charge in [0.2, 0.25) is 0 Å². The van der Waals surface area contributed by atoms with Crippen LogP contribution in [0.15, 0.2) is 120 Å². The maximum absolute atomic E-state index is 4.92. The number of aromatic nitrogens is 2. The summed E-state index contributed by atoms with van der Waals surface area (Å²) in [6.45, 7) is 3.66. The Hall–Kier alpha value is -4.22. The van der Waals surface area contributed by atoms with Crippen LogP contribution in [0, 0.1) is 0 Å². The third-order valence-corrected chi connectivity index (χ3v) is 6.84. The first-order valence-corrected chi connectivity index (χ1v) is 12.5. The van der Waals surface area contributed by atoms with Gasteiger partial charge in [0.25, 0.3) is 0 Å². The van der Waals surface area contributed by atoms with Gasteiger partial charge in [-0.3, -0.25) is 14.3 Å². The minimum Gasteiger partial charge on any atom is -0.298 e. The van der Waals surface area contributed by atoms with Crippen molar-refractivity contribution in [2.45, 2.75) is 6.04 Å². The molecule has 0 aliphatic carbocycles. The number of imidazole rings is 1. The monoisotopic (exact) mass is 471 g/mol. The molecule has 3 aromatic carbocycles. The summed E-state index contributed by atoms with van der Waals surface area (Å²) >= 11 is 0. The number of hydrazone groups is 1. The molecule has 0 spiro atoms. The first-order chi connectivity index (χ1) is 17.9. The molecule has 5 nitrogen and oxygen atoms in total. The van der Waals surface area contributed by atoms with E-state index in [2.05, 4.69) is 105 Å². The lowest BCUT2D eigenvalue weighted by Crippen LogP contribution is -2.45. The van der Waals surface area contributed by atoms with Crippen LogP contribution in [0.1, 0.15) is 22.9 Å². The zero-order valence-corrected chi connectivity index (χ0v) is 20.2. The normalized spacial score (nSPS) is 14.8. The summed E-state index contributed by atoms with van der Waals surface area (Å²) in [5, 5.41) is 7.10. The lowest BCUT2D eigenvalue weighted by Gasteiger charge is -2.38. The van der Waals surface area contributed by atoms with E-state index in [-0.39, 0.29) is 6.04 Å². The number of piperazine rings is 1. The standard InChI is InChI=1S/C31H29N5/c1-4-12-25(13-5-1)30-28(36-19-11-10-18-29(36)33-30)24-32-35-22-20-34(21-23-35)31(26-14-6-2-7-15-26)27-16-8-3-9-17-27/h1-19,24,31H,20-23H2/b32-24+. The van der Waals surface area contributed by atoms with E-state index in [1.807, 2.05) is 30.5 Å². The molecular formula is C31H29N5. The van der Waals surface area contributed by atoms with Crippen molar-refractivity contribution in [2.24, 2.45) is 5.10 Å². The van der Waals surface area contributed by atoms with Gasteiger partial charge in [-0.25, -0.2) is 4.98 Å². The Morgan fingerprint density at radius 2 is 1.25 bits per heavy atom. The molecule has 2 aromatic heterocycles. The molecule has 0 bridgehead atoms. The van der Waals surface area contributed by atoms with Crippen molar-refractivity contribution in [1.82, 2.24) is 19.3 Å². The highest BCUT2D eigenvalue weighted by molar-refractivity contribution is 5.89. The predicted molar refractivity (Wildman–Crippen MR) is 146 cm³/mol. The summed E-state index contributed by atoms with van der Waals surface area (Å²) in [7, 11) is 0. The Kier molecular flexibility index (Phi) is 6.29. The lowest BCUT2D eigenvalue weighted by atomic mass is 9.96. The first-order valence-electron chi connectivity index (χ1n) is 12.5. The molecule has 6 rings (SSSR count). The quantitative estimate of drug-likeness (QED) is 0.296. The van der Waals surface area contributed by atoms with Gasteiger partial charge in [0.15, 0.2) is 0 Å². The third kappa shape index (κ3) is 4.53. The molecule has 0 unspecified atom stereocenters. The fourth-order valence-electron chi connectivity index (χ4n) is 5.05. The molecule has 5 aromatic rings. The highest BCUT2D eigenvalue weighted by Crippen LogP contribution is 2.29. The number of fused-ring (bicyclic) bond motifs is 1. The van der Waals surface area contributed by atoms with E-state index in [9.17, 15) is 0 Å². The molecule has 0 atom stereocenters. The number of pyridine rings is 1. The number of benzene rings is 3. The van der Waals surface area contributed by atoms with Crippen LogP contribution >= 0.6 is 0 Å². The van der Waals surface area contributed by atoms with Crippen LogP contribution in [0.2, 0.25) is 0 Å². The summed E-state index contributed by atoms with van der Waals surface area (Å²) in [6.07, 6.45) is 4.03. The average molecular weight is 472 g/mol. The van der Waals surface area contributed by atoms with Gasteiger partial charge >= 0.3 is 0 Å². The van der Waals surface area contributed by atoms with E-state index in [0.29, 0.717) is 0 Å². The van der Waals surface area contributed by atoms with Crippen molar-refractivity contribution < 1.29 is 0 Å². The Balaban J connectivity index is 1.23. The maximum atomic E-state index is 4.92. The molecule has 36 heavy (non-hydrogen) atoms. The highest BCUT2D eigenvalue weighted by atomic mass is 15.5. The maximum Gasteiger partial charge on any atom is 0.137 e. The molecule has 0 amide bonds. The second-order valence-electron chi connectivity index (χ2n) is 9.10. The second-order valence-corrected chi connectivity index (χ2v) is 9.10. The van der Waals surface area contributed by atoms with Gasteiger partial charge in [-0.2, -0.15) is 5.10 Å². The molecule has 1 saturated heterocycles. The fourth-order valence-corrected chi connectivity index (χ4v) is 5.05. The molecular weight excluding hydrogens is 442 g/mol. The van der Waals surface area contributed by atoms with Crippen LogP contribution in [-0.4, -0.2) is 51.7 Å². The van der Waals surface area contributed by atoms with Crippen LogP contribution in [0.25, 0.3) is 16.9 Å². The van der Waals surface area contributed by atoms with Crippen LogP contribution in [0.5, 0.6) is 0 Å². The van der Waals surface area contributed by atoms with E-state index in [0.717, 1.165) is 48.8 Å². The smallest absolute Gasteiger partial charge is 0.137 e. The minimum absolute atomic E-state index is 0.252. The minimum atomic E-state index is 0.252. The van der Waals surface area contributed by atoms with Crippen molar-refractivity contribution in [3.05, 3.63) is 132 Å². The topological polar surface area (TPSA) is 36.1 Å². The molecule has 0 N–H and O–H groups in total. The fraction of sp³-hybridized carbons (Fsp3) is 0.161. The molecule has 1 aliphatic rings. The van der Waals surface area contributed by atoms with Gasteiger partial charge in [-0.1, -0.05) is 97.1 Å². The lowest BCUT2D eigenvalue weighted by molar-refractivity contribution is 0.113. The van der Waals surface area contributed by atoms with Crippen molar-refractivity contribution in [3.8, 4) is 11.3 Å². The summed E-state index contributed by atoms with van der Waals surface area (Å²) in [5.74, 6) is 0. The SMILES string of the molecule is C(=N\N1CCN(C(c2ccccc2)c2ccccc2)CC1)/c1c(-c2ccccc2)nc2ccccn12. The Labute approximate surface area is 212 Å². The van der Waals surface area contributed by atoms with Crippen molar-refractivity contribution >= 4 is 11.9 Å².